The molecule has 0 spiro atoms. The number of benzene rings is 2. The van der Waals surface area contributed by atoms with Crippen LogP contribution in [0.25, 0.3) is 16.4 Å². The smallest absolute Gasteiger partial charge is 0.196 e. The van der Waals surface area contributed by atoms with Gasteiger partial charge in [0.25, 0.3) is 0 Å². The van der Waals surface area contributed by atoms with Crippen molar-refractivity contribution in [2.75, 3.05) is 5.75 Å². The van der Waals surface area contributed by atoms with Gasteiger partial charge < -0.3 is 0 Å². The lowest BCUT2D eigenvalue weighted by Crippen LogP contribution is -2.04. The zero-order valence-corrected chi connectivity index (χ0v) is 16.3. The average molecular weight is 392 g/mol. The molecule has 0 fully saturated rings. The molecule has 0 radical (unpaired) electrons. The number of ketones is 1. The molecule has 0 aliphatic carbocycles. The van der Waals surface area contributed by atoms with Gasteiger partial charge in [-0.15, -0.1) is 21.5 Å². The van der Waals surface area contributed by atoms with Crippen molar-refractivity contribution in [3.05, 3.63) is 83.2 Å². The first kappa shape index (κ1) is 17.7. The van der Waals surface area contributed by atoms with Gasteiger partial charge >= 0.3 is 0 Å². The maximum Gasteiger partial charge on any atom is 0.196 e. The summed E-state index contributed by atoms with van der Waals surface area (Å²) in [6.45, 7) is 2.06. The molecule has 2 aromatic carbocycles. The molecule has 0 atom stereocenters. The van der Waals surface area contributed by atoms with E-state index in [-0.39, 0.29) is 5.78 Å². The van der Waals surface area contributed by atoms with Crippen LogP contribution in [0.2, 0.25) is 0 Å². The molecule has 0 aliphatic heterocycles. The van der Waals surface area contributed by atoms with E-state index in [0.29, 0.717) is 16.5 Å². The van der Waals surface area contributed by atoms with Crippen molar-refractivity contribution < 1.29 is 4.79 Å². The summed E-state index contributed by atoms with van der Waals surface area (Å²) in [6.07, 6.45) is 0. The Morgan fingerprint density at radius 1 is 1.04 bits per heavy atom. The fourth-order valence-electron chi connectivity index (χ4n) is 2.77. The highest BCUT2D eigenvalue weighted by Gasteiger charge is 2.18. The summed E-state index contributed by atoms with van der Waals surface area (Å²) in [4.78, 5) is 13.5. The summed E-state index contributed by atoms with van der Waals surface area (Å²) in [7, 11) is 0. The molecule has 6 heteroatoms. The molecule has 0 saturated carbocycles. The Balaban J connectivity index is 1.68. The number of aryl methyl sites for hydroxylation is 1. The highest BCUT2D eigenvalue weighted by Crippen LogP contribution is 2.30. The minimum atomic E-state index is 0.0806. The normalized spacial score (nSPS) is 10.9. The Kier molecular flexibility index (Phi) is 5.18. The fraction of sp³-hybridized carbons (Fsp3) is 0.0952. The molecule has 4 aromatic rings. The van der Waals surface area contributed by atoms with Crippen molar-refractivity contribution in [1.29, 1.82) is 0 Å². The predicted molar refractivity (Wildman–Crippen MR) is 111 cm³/mol. The van der Waals surface area contributed by atoms with E-state index in [0.717, 1.165) is 22.0 Å². The minimum absolute atomic E-state index is 0.0806. The lowest BCUT2D eigenvalue weighted by Gasteiger charge is -2.10. The molecule has 4 nitrogen and oxygen atoms in total. The van der Waals surface area contributed by atoms with Crippen LogP contribution in [-0.2, 0) is 0 Å². The Morgan fingerprint density at radius 2 is 1.89 bits per heavy atom. The molecule has 2 heterocycles. The third-order valence-electron chi connectivity index (χ3n) is 4.06. The molecular formula is C21H17N3OS2. The van der Waals surface area contributed by atoms with Gasteiger partial charge in [-0.3, -0.25) is 9.36 Å². The zero-order chi connectivity index (χ0) is 18.6. The van der Waals surface area contributed by atoms with E-state index in [4.69, 9.17) is 0 Å². The molecule has 4 rings (SSSR count). The Bertz CT molecular complexity index is 1060. The van der Waals surface area contributed by atoms with E-state index in [1.807, 2.05) is 64.5 Å². The van der Waals surface area contributed by atoms with Crippen LogP contribution in [0, 0.1) is 6.92 Å². The van der Waals surface area contributed by atoms with Crippen LogP contribution in [0.4, 0.5) is 0 Å². The van der Waals surface area contributed by atoms with Gasteiger partial charge in [-0.1, -0.05) is 60.3 Å². The maximum absolute atomic E-state index is 12.5. The highest BCUT2D eigenvalue weighted by molar-refractivity contribution is 7.99. The zero-order valence-electron chi connectivity index (χ0n) is 14.7. The van der Waals surface area contributed by atoms with Crippen molar-refractivity contribution in [2.45, 2.75) is 12.1 Å². The van der Waals surface area contributed by atoms with E-state index in [1.54, 1.807) is 11.3 Å². The van der Waals surface area contributed by atoms with Gasteiger partial charge in [0.1, 0.15) is 0 Å². The summed E-state index contributed by atoms with van der Waals surface area (Å²) < 4.78 is 2.03. The van der Waals surface area contributed by atoms with Gasteiger partial charge in [-0.2, -0.15) is 0 Å². The molecule has 2 aromatic heterocycles. The van der Waals surface area contributed by atoms with Gasteiger partial charge in [-0.25, -0.2) is 0 Å². The number of Topliss-reactive ketones (excluding diaryl/α,β-unsaturated/α-hetero) is 1. The number of hydrogen-bond donors (Lipinski definition) is 0. The third-order valence-corrected chi connectivity index (χ3v) is 5.86. The second kappa shape index (κ2) is 7.90. The average Bonchev–Trinajstić information content (AvgIpc) is 3.36. The molecule has 0 bridgehead atoms. The third kappa shape index (κ3) is 3.86. The van der Waals surface area contributed by atoms with Gasteiger partial charge in [0.05, 0.1) is 16.3 Å². The highest BCUT2D eigenvalue weighted by atomic mass is 32.2. The summed E-state index contributed by atoms with van der Waals surface area (Å²) >= 11 is 3.04. The van der Waals surface area contributed by atoms with Crippen LogP contribution in [0.5, 0.6) is 0 Å². The van der Waals surface area contributed by atoms with Crippen molar-refractivity contribution in [2.24, 2.45) is 0 Å². The Hall–Kier alpha value is -2.70. The maximum atomic E-state index is 12.5. The number of carbonyl (C=O) groups is 1. The van der Waals surface area contributed by atoms with Crippen molar-refractivity contribution in [3.8, 4) is 16.4 Å². The first-order valence-electron chi connectivity index (χ1n) is 8.50. The van der Waals surface area contributed by atoms with Crippen molar-refractivity contribution in [3.63, 3.8) is 0 Å². The molecular weight excluding hydrogens is 374 g/mol. The molecule has 0 N–H and O–H groups in total. The number of thiophene rings is 1. The van der Waals surface area contributed by atoms with Crippen LogP contribution >= 0.6 is 23.1 Å². The van der Waals surface area contributed by atoms with E-state index in [1.165, 1.54) is 11.8 Å². The topological polar surface area (TPSA) is 47.8 Å². The first-order chi connectivity index (χ1) is 13.2. The number of carbonyl (C=O) groups excluding carboxylic acids is 1. The monoisotopic (exact) mass is 391 g/mol. The van der Waals surface area contributed by atoms with Crippen LogP contribution in [-0.4, -0.2) is 26.3 Å². The number of aromatic nitrogens is 3. The Labute approximate surface area is 165 Å². The lowest BCUT2D eigenvalue weighted by atomic mass is 10.2. The van der Waals surface area contributed by atoms with E-state index >= 15 is 0 Å². The first-order valence-corrected chi connectivity index (χ1v) is 10.4. The van der Waals surface area contributed by atoms with E-state index in [9.17, 15) is 4.79 Å². The van der Waals surface area contributed by atoms with Gasteiger partial charge in [0, 0.05) is 5.56 Å². The summed E-state index contributed by atoms with van der Waals surface area (Å²) in [5.41, 5.74) is 2.87. The van der Waals surface area contributed by atoms with E-state index < -0.39 is 0 Å². The SMILES string of the molecule is Cc1cccc(-n2c(SCC(=O)c3ccccc3)nnc2-c2cccs2)c1. The van der Waals surface area contributed by atoms with Gasteiger partial charge in [0.15, 0.2) is 16.8 Å². The summed E-state index contributed by atoms with van der Waals surface area (Å²) in [5, 5.41) is 11.5. The minimum Gasteiger partial charge on any atom is -0.293 e. The second-order valence-corrected chi connectivity index (χ2v) is 7.93. The van der Waals surface area contributed by atoms with Crippen LogP contribution < -0.4 is 0 Å². The fourth-order valence-corrected chi connectivity index (χ4v) is 4.31. The standard InChI is InChI=1S/C21H17N3OS2/c1-15-7-5-10-17(13-15)24-20(19-11-6-12-26-19)22-23-21(24)27-14-18(25)16-8-3-2-4-9-16/h2-13H,14H2,1H3. The Morgan fingerprint density at radius 3 is 2.63 bits per heavy atom. The molecule has 0 aliphatic rings. The van der Waals surface area contributed by atoms with Crippen LogP contribution in [0.1, 0.15) is 15.9 Å². The number of rotatable bonds is 6. The lowest BCUT2D eigenvalue weighted by molar-refractivity contribution is 0.102. The van der Waals surface area contributed by atoms with E-state index in [2.05, 4.69) is 29.3 Å². The predicted octanol–water partition coefficient (Wildman–Crippen LogP) is 5.28. The van der Waals surface area contributed by atoms with Crippen molar-refractivity contribution in [1.82, 2.24) is 14.8 Å². The molecule has 27 heavy (non-hydrogen) atoms. The summed E-state index contributed by atoms with van der Waals surface area (Å²) in [6, 6.07) is 21.6. The molecule has 134 valence electrons. The van der Waals surface area contributed by atoms with Gasteiger partial charge in [0.2, 0.25) is 0 Å². The quantitative estimate of drug-likeness (QED) is 0.331. The second-order valence-electron chi connectivity index (χ2n) is 6.04. The largest absolute Gasteiger partial charge is 0.293 e. The van der Waals surface area contributed by atoms with Gasteiger partial charge in [-0.05, 0) is 36.1 Å². The number of nitrogens with zero attached hydrogens (tertiary/aromatic N) is 3. The summed E-state index contributed by atoms with van der Waals surface area (Å²) in [5.74, 6) is 1.20. The molecule has 0 amide bonds. The number of thioether (sulfide) groups is 1. The number of hydrogen-bond acceptors (Lipinski definition) is 5. The van der Waals surface area contributed by atoms with Crippen molar-refractivity contribution >= 4 is 28.9 Å². The molecule has 0 saturated heterocycles. The van der Waals surface area contributed by atoms with Crippen LogP contribution in [0.15, 0.2) is 77.3 Å². The van der Waals surface area contributed by atoms with Crippen LogP contribution in [0.3, 0.4) is 0 Å². The molecule has 0 unspecified atom stereocenters.